The van der Waals surface area contributed by atoms with E-state index < -0.39 is 0 Å². The van der Waals surface area contributed by atoms with Gasteiger partial charge in [-0.3, -0.25) is 0 Å². The highest BCUT2D eigenvalue weighted by Gasteiger charge is 2.29. The predicted molar refractivity (Wildman–Crippen MR) is 85.3 cm³/mol. The average molecular weight is 287 g/mol. The van der Waals surface area contributed by atoms with Crippen LogP contribution in [0.4, 0.5) is 0 Å². The maximum Gasteiger partial charge on any atom is 0.134 e. The molecule has 0 saturated carbocycles. The molecule has 2 heterocycles. The molecule has 114 valence electrons. The van der Waals surface area contributed by atoms with E-state index in [0.717, 1.165) is 31.7 Å². The lowest BCUT2D eigenvalue weighted by molar-refractivity contribution is -0.0274. The molecule has 0 bridgehead atoms. The van der Waals surface area contributed by atoms with Crippen molar-refractivity contribution < 1.29 is 9.15 Å². The summed E-state index contributed by atoms with van der Waals surface area (Å²) in [6.45, 7) is 7.42. The first-order chi connectivity index (χ1) is 10.3. The van der Waals surface area contributed by atoms with Crippen LogP contribution in [0, 0.1) is 11.8 Å². The van der Waals surface area contributed by atoms with Crippen molar-refractivity contribution in [3.05, 3.63) is 36.1 Å². The molecule has 0 radical (unpaired) electrons. The van der Waals surface area contributed by atoms with E-state index in [2.05, 4.69) is 31.3 Å². The summed E-state index contributed by atoms with van der Waals surface area (Å²) in [4.78, 5) is 0. The second-order valence-corrected chi connectivity index (χ2v) is 6.43. The molecule has 1 aliphatic heterocycles. The van der Waals surface area contributed by atoms with Crippen LogP contribution in [0.15, 0.2) is 34.9 Å². The Morgan fingerprint density at radius 3 is 3.00 bits per heavy atom. The van der Waals surface area contributed by atoms with E-state index in [4.69, 9.17) is 9.15 Å². The Balaban J connectivity index is 1.77. The summed E-state index contributed by atoms with van der Waals surface area (Å²) in [6.07, 6.45) is 4.41. The number of para-hydroxylation sites is 1. The lowest BCUT2D eigenvalue weighted by Gasteiger charge is -2.32. The zero-order valence-corrected chi connectivity index (χ0v) is 13.0. The summed E-state index contributed by atoms with van der Waals surface area (Å²) >= 11 is 0. The molecule has 2 atom stereocenters. The Morgan fingerprint density at radius 2 is 2.14 bits per heavy atom. The first kappa shape index (κ1) is 14.6. The molecule has 1 fully saturated rings. The van der Waals surface area contributed by atoms with Crippen LogP contribution in [-0.4, -0.2) is 19.7 Å². The van der Waals surface area contributed by atoms with E-state index in [-0.39, 0.29) is 6.10 Å². The van der Waals surface area contributed by atoms with Gasteiger partial charge in [0.05, 0.1) is 12.4 Å². The van der Waals surface area contributed by atoms with E-state index in [1.165, 1.54) is 17.4 Å². The Hall–Kier alpha value is -1.32. The Bertz CT molecular complexity index is 575. The van der Waals surface area contributed by atoms with Crippen molar-refractivity contribution in [1.82, 2.24) is 5.32 Å². The molecule has 3 nitrogen and oxygen atoms in total. The first-order valence-corrected chi connectivity index (χ1v) is 8.04. The Labute approximate surface area is 126 Å². The fourth-order valence-corrected chi connectivity index (χ4v) is 3.17. The van der Waals surface area contributed by atoms with Gasteiger partial charge in [-0.2, -0.15) is 0 Å². The predicted octanol–water partition coefficient (Wildman–Crippen LogP) is 4.15. The molecule has 1 aromatic heterocycles. The van der Waals surface area contributed by atoms with Crippen molar-refractivity contribution >= 4 is 11.0 Å². The van der Waals surface area contributed by atoms with Gasteiger partial charge in [0.2, 0.25) is 0 Å². The third-order valence-electron chi connectivity index (χ3n) is 4.22. The van der Waals surface area contributed by atoms with E-state index in [9.17, 15) is 0 Å². The monoisotopic (exact) mass is 287 g/mol. The summed E-state index contributed by atoms with van der Waals surface area (Å²) < 4.78 is 11.8. The number of nitrogens with one attached hydrogen (secondary N) is 1. The summed E-state index contributed by atoms with van der Waals surface area (Å²) in [5, 5.41) is 4.78. The number of ether oxygens (including phenoxy) is 1. The number of benzene rings is 1. The number of fused-ring (bicyclic) bond motifs is 1. The minimum absolute atomic E-state index is 0.155. The lowest BCUT2D eigenvalue weighted by atomic mass is 9.89. The van der Waals surface area contributed by atoms with Crippen LogP contribution in [0.2, 0.25) is 0 Å². The van der Waals surface area contributed by atoms with Crippen LogP contribution in [0.1, 0.15) is 38.4 Å². The van der Waals surface area contributed by atoms with Gasteiger partial charge in [0.25, 0.3) is 0 Å². The fourth-order valence-electron chi connectivity index (χ4n) is 3.17. The fraction of sp³-hybridized carbons (Fsp3) is 0.556. The molecule has 1 N–H and O–H groups in total. The van der Waals surface area contributed by atoms with Gasteiger partial charge >= 0.3 is 0 Å². The smallest absolute Gasteiger partial charge is 0.134 e. The van der Waals surface area contributed by atoms with Crippen LogP contribution in [0.3, 0.4) is 0 Å². The molecule has 0 amide bonds. The standard InChI is InChI=1S/C18H25NO2/c1-13(2)10-19-11-14-6-5-9-20-18(14)16-12-21-17-8-4-3-7-15(16)17/h3-4,7-8,12-14,18-19H,5-6,9-11H2,1-2H3. The highest BCUT2D eigenvalue weighted by Crippen LogP contribution is 2.37. The second-order valence-electron chi connectivity index (χ2n) is 6.43. The van der Waals surface area contributed by atoms with Gasteiger partial charge in [0, 0.05) is 30.0 Å². The Kier molecular flexibility index (Phi) is 4.61. The summed E-state index contributed by atoms with van der Waals surface area (Å²) in [7, 11) is 0. The molecule has 3 rings (SSSR count). The molecular weight excluding hydrogens is 262 g/mol. The van der Waals surface area contributed by atoms with E-state index in [1.807, 2.05) is 18.4 Å². The first-order valence-electron chi connectivity index (χ1n) is 8.04. The zero-order chi connectivity index (χ0) is 14.7. The molecule has 21 heavy (non-hydrogen) atoms. The third kappa shape index (κ3) is 3.30. The van der Waals surface area contributed by atoms with Gasteiger partial charge in [-0.15, -0.1) is 0 Å². The van der Waals surface area contributed by atoms with Crippen LogP contribution in [-0.2, 0) is 4.74 Å². The van der Waals surface area contributed by atoms with Gasteiger partial charge in [-0.1, -0.05) is 32.0 Å². The van der Waals surface area contributed by atoms with Gasteiger partial charge in [0.1, 0.15) is 5.58 Å². The molecule has 1 saturated heterocycles. The highest BCUT2D eigenvalue weighted by atomic mass is 16.5. The van der Waals surface area contributed by atoms with Crippen molar-refractivity contribution in [1.29, 1.82) is 0 Å². The van der Waals surface area contributed by atoms with Crippen molar-refractivity contribution in [2.24, 2.45) is 11.8 Å². The van der Waals surface area contributed by atoms with Crippen LogP contribution < -0.4 is 5.32 Å². The number of hydrogen-bond acceptors (Lipinski definition) is 3. The summed E-state index contributed by atoms with van der Waals surface area (Å²) in [5.74, 6) is 1.21. The van der Waals surface area contributed by atoms with Gasteiger partial charge in [0.15, 0.2) is 0 Å². The van der Waals surface area contributed by atoms with Crippen molar-refractivity contribution in [3.63, 3.8) is 0 Å². The quantitative estimate of drug-likeness (QED) is 0.897. The normalized spacial score (nSPS) is 23.0. The minimum Gasteiger partial charge on any atom is -0.464 e. The van der Waals surface area contributed by atoms with Gasteiger partial charge < -0.3 is 14.5 Å². The molecule has 1 aromatic carbocycles. The molecule has 3 heteroatoms. The average Bonchev–Trinajstić information content (AvgIpc) is 2.91. The number of rotatable bonds is 5. The second kappa shape index (κ2) is 6.63. The number of hydrogen-bond donors (Lipinski definition) is 1. The molecule has 0 aliphatic carbocycles. The van der Waals surface area contributed by atoms with E-state index >= 15 is 0 Å². The van der Waals surface area contributed by atoms with Gasteiger partial charge in [-0.05, 0) is 31.4 Å². The Morgan fingerprint density at radius 1 is 1.29 bits per heavy atom. The molecular formula is C18H25NO2. The summed E-state index contributed by atoms with van der Waals surface area (Å²) in [6, 6.07) is 8.23. The SMILES string of the molecule is CC(C)CNCC1CCCOC1c1coc2ccccc12. The maximum atomic E-state index is 6.10. The summed E-state index contributed by atoms with van der Waals surface area (Å²) in [5.41, 5.74) is 2.16. The molecule has 1 aliphatic rings. The van der Waals surface area contributed by atoms with Crippen LogP contribution in [0.25, 0.3) is 11.0 Å². The zero-order valence-electron chi connectivity index (χ0n) is 13.0. The van der Waals surface area contributed by atoms with E-state index in [1.54, 1.807) is 0 Å². The van der Waals surface area contributed by atoms with Crippen molar-refractivity contribution in [2.45, 2.75) is 32.8 Å². The highest BCUT2D eigenvalue weighted by molar-refractivity contribution is 5.81. The molecule has 0 spiro atoms. The third-order valence-corrected chi connectivity index (χ3v) is 4.22. The van der Waals surface area contributed by atoms with Crippen molar-refractivity contribution in [3.8, 4) is 0 Å². The van der Waals surface area contributed by atoms with Crippen molar-refractivity contribution in [2.75, 3.05) is 19.7 Å². The van der Waals surface area contributed by atoms with Crippen LogP contribution in [0.5, 0.6) is 0 Å². The minimum atomic E-state index is 0.155. The lowest BCUT2D eigenvalue weighted by Crippen LogP contribution is -2.33. The number of furan rings is 1. The van der Waals surface area contributed by atoms with E-state index in [0.29, 0.717) is 11.8 Å². The van der Waals surface area contributed by atoms with Crippen LogP contribution >= 0.6 is 0 Å². The maximum absolute atomic E-state index is 6.10. The largest absolute Gasteiger partial charge is 0.464 e. The molecule has 2 aromatic rings. The van der Waals surface area contributed by atoms with Gasteiger partial charge in [-0.25, -0.2) is 0 Å². The molecule has 2 unspecified atom stereocenters. The topological polar surface area (TPSA) is 34.4 Å².